The molecule has 2 rings (SSSR count). The Bertz CT molecular complexity index is 574. The van der Waals surface area contributed by atoms with Crippen LogP contribution in [-0.2, 0) is 9.59 Å². The molecule has 1 aliphatic rings. The summed E-state index contributed by atoms with van der Waals surface area (Å²) < 4.78 is 0.308. The zero-order valence-corrected chi connectivity index (χ0v) is 11.2. The molecule has 1 aromatic carbocycles. The van der Waals surface area contributed by atoms with Gasteiger partial charge in [0.05, 0.1) is 21.0 Å². The topological polar surface area (TPSA) is 101 Å². The van der Waals surface area contributed by atoms with Gasteiger partial charge in [-0.2, -0.15) is 0 Å². The van der Waals surface area contributed by atoms with Gasteiger partial charge in [-0.3, -0.25) is 19.7 Å². The fourth-order valence-corrected chi connectivity index (χ4v) is 2.32. The van der Waals surface area contributed by atoms with Crippen molar-refractivity contribution in [1.82, 2.24) is 0 Å². The summed E-state index contributed by atoms with van der Waals surface area (Å²) in [4.78, 5) is 34.1. The number of nitrogens with zero attached hydrogens (tertiary/aromatic N) is 2. The van der Waals surface area contributed by atoms with E-state index in [0.29, 0.717) is 10.2 Å². The molecule has 0 aromatic heterocycles. The summed E-state index contributed by atoms with van der Waals surface area (Å²) in [7, 11) is 0. The molecule has 1 saturated heterocycles. The molecule has 1 unspecified atom stereocenters. The van der Waals surface area contributed by atoms with Crippen LogP contribution in [-0.4, -0.2) is 28.5 Å². The molecular formula is C11H9BrN2O5. The molecule has 1 atom stereocenters. The highest BCUT2D eigenvalue weighted by molar-refractivity contribution is 9.10. The predicted octanol–water partition coefficient (Wildman–Crippen LogP) is 1.79. The minimum Gasteiger partial charge on any atom is -0.481 e. The van der Waals surface area contributed by atoms with E-state index in [-0.39, 0.29) is 24.6 Å². The highest BCUT2D eigenvalue weighted by Crippen LogP contribution is 2.32. The fraction of sp³-hybridized carbons (Fsp3) is 0.273. The summed E-state index contributed by atoms with van der Waals surface area (Å²) in [6.07, 6.45) is -0.0841. The second kappa shape index (κ2) is 4.96. The first-order valence-corrected chi connectivity index (χ1v) is 6.16. The molecule has 0 bridgehead atoms. The highest BCUT2D eigenvalue weighted by Gasteiger charge is 2.35. The molecule has 1 aliphatic heterocycles. The zero-order valence-electron chi connectivity index (χ0n) is 9.58. The van der Waals surface area contributed by atoms with E-state index in [1.54, 1.807) is 6.07 Å². The van der Waals surface area contributed by atoms with Gasteiger partial charge in [-0.05, 0) is 28.1 Å². The van der Waals surface area contributed by atoms with Crippen LogP contribution in [0.2, 0.25) is 0 Å². The first-order valence-electron chi connectivity index (χ1n) is 5.37. The number of hydrogen-bond donors (Lipinski definition) is 1. The van der Waals surface area contributed by atoms with Crippen molar-refractivity contribution in [1.29, 1.82) is 0 Å². The Kier molecular flexibility index (Phi) is 3.52. The number of hydrogen-bond acceptors (Lipinski definition) is 4. The molecule has 19 heavy (non-hydrogen) atoms. The minimum atomic E-state index is -1.04. The van der Waals surface area contributed by atoms with E-state index in [1.165, 1.54) is 17.0 Å². The first-order chi connectivity index (χ1) is 8.90. The normalized spacial score (nSPS) is 18.7. The van der Waals surface area contributed by atoms with E-state index in [0.717, 1.165) is 0 Å². The Hall–Kier alpha value is -1.96. The van der Waals surface area contributed by atoms with Gasteiger partial charge in [0.2, 0.25) is 5.91 Å². The maximum atomic E-state index is 11.7. The molecule has 1 N–H and O–H groups in total. The van der Waals surface area contributed by atoms with Crippen LogP contribution in [0.1, 0.15) is 6.42 Å². The molecule has 1 fully saturated rings. The number of aliphatic carboxylic acids is 1. The molecule has 1 amide bonds. The van der Waals surface area contributed by atoms with Gasteiger partial charge in [-0.25, -0.2) is 0 Å². The fourth-order valence-electron chi connectivity index (χ4n) is 1.93. The Morgan fingerprint density at radius 1 is 1.53 bits per heavy atom. The van der Waals surface area contributed by atoms with E-state index in [1.807, 2.05) is 0 Å². The molecule has 8 heteroatoms. The average Bonchev–Trinajstić information content (AvgIpc) is 2.72. The average molecular weight is 329 g/mol. The lowest BCUT2D eigenvalue weighted by Gasteiger charge is -2.16. The maximum Gasteiger partial charge on any atom is 0.308 e. The highest BCUT2D eigenvalue weighted by atomic mass is 79.9. The Labute approximate surface area is 116 Å². The van der Waals surface area contributed by atoms with Gasteiger partial charge in [0.25, 0.3) is 5.69 Å². The number of carboxylic acid groups (broad SMARTS) is 1. The first kappa shape index (κ1) is 13.5. The lowest BCUT2D eigenvalue weighted by molar-refractivity contribution is -0.385. The largest absolute Gasteiger partial charge is 0.481 e. The number of anilines is 1. The second-order valence-electron chi connectivity index (χ2n) is 4.14. The van der Waals surface area contributed by atoms with Gasteiger partial charge in [-0.15, -0.1) is 0 Å². The van der Waals surface area contributed by atoms with Gasteiger partial charge in [0.15, 0.2) is 0 Å². The van der Waals surface area contributed by atoms with Crippen molar-refractivity contribution < 1.29 is 19.6 Å². The van der Waals surface area contributed by atoms with Crippen LogP contribution < -0.4 is 4.90 Å². The van der Waals surface area contributed by atoms with Crippen LogP contribution in [0.25, 0.3) is 0 Å². The monoisotopic (exact) mass is 328 g/mol. The van der Waals surface area contributed by atoms with Crippen LogP contribution in [0.5, 0.6) is 0 Å². The third kappa shape index (κ3) is 2.58. The molecular weight excluding hydrogens is 320 g/mol. The minimum absolute atomic E-state index is 0.0347. The van der Waals surface area contributed by atoms with Crippen LogP contribution >= 0.6 is 15.9 Å². The Balaban J connectivity index is 2.33. The number of rotatable bonds is 3. The molecule has 1 aromatic rings. The zero-order chi connectivity index (χ0) is 14.2. The molecule has 1 heterocycles. The number of carboxylic acids is 1. The third-order valence-electron chi connectivity index (χ3n) is 2.91. The third-order valence-corrected chi connectivity index (χ3v) is 3.58. The Morgan fingerprint density at radius 2 is 2.21 bits per heavy atom. The van der Waals surface area contributed by atoms with Crippen LogP contribution in [0.3, 0.4) is 0 Å². The quantitative estimate of drug-likeness (QED) is 0.673. The molecule has 100 valence electrons. The molecule has 0 radical (unpaired) electrons. The molecule has 0 aliphatic carbocycles. The number of halogens is 1. The number of nitro benzene ring substituents is 1. The number of carbonyl (C=O) groups is 2. The number of benzene rings is 1. The van der Waals surface area contributed by atoms with Gasteiger partial charge in [0.1, 0.15) is 0 Å². The van der Waals surface area contributed by atoms with Crippen molar-refractivity contribution in [3.05, 3.63) is 32.8 Å². The van der Waals surface area contributed by atoms with Crippen molar-refractivity contribution in [2.45, 2.75) is 6.42 Å². The van der Waals surface area contributed by atoms with Crippen molar-refractivity contribution in [3.8, 4) is 0 Å². The standard InChI is InChI=1S/C11H9BrN2O5/c12-8-2-1-7(4-9(8)14(18)19)13-5-6(11(16)17)3-10(13)15/h1-2,4,6H,3,5H2,(H,16,17). The van der Waals surface area contributed by atoms with Gasteiger partial charge >= 0.3 is 5.97 Å². The van der Waals surface area contributed by atoms with Crippen molar-refractivity contribution >= 4 is 39.2 Å². The summed E-state index contributed by atoms with van der Waals surface area (Å²) in [5.41, 5.74) is 0.174. The van der Waals surface area contributed by atoms with Crippen LogP contribution in [0.15, 0.2) is 22.7 Å². The summed E-state index contributed by atoms with van der Waals surface area (Å²) in [6, 6.07) is 4.26. The van der Waals surface area contributed by atoms with Crippen LogP contribution in [0.4, 0.5) is 11.4 Å². The van der Waals surface area contributed by atoms with Gasteiger partial charge in [-0.1, -0.05) is 0 Å². The summed E-state index contributed by atoms with van der Waals surface area (Å²) in [5, 5.41) is 19.7. The lowest BCUT2D eigenvalue weighted by atomic mass is 10.1. The maximum absolute atomic E-state index is 11.7. The molecule has 0 spiro atoms. The SMILES string of the molecule is O=C(O)C1CC(=O)N(c2ccc(Br)c([N+](=O)[O-])c2)C1. The van der Waals surface area contributed by atoms with Crippen molar-refractivity contribution in [2.75, 3.05) is 11.4 Å². The molecule has 7 nitrogen and oxygen atoms in total. The van der Waals surface area contributed by atoms with E-state index >= 15 is 0 Å². The van der Waals surface area contributed by atoms with E-state index < -0.39 is 16.8 Å². The number of carbonyl (C=O) groups excluding carboxylic acids is 1. The predicted molar refractivity (Wildman–Crippen MR) is 68.9 cm³/mol. The van der Waals surface area contributed by atoms with Gasteiger partial charge < -0.3 is 10.0 Å². The van der Waals surface area contributed by atoms with Crippen LogP contribution in [0, 0.1) is 16.0 Å². The van der Waals surface area contributed by atoms with Crippen molar-refractivity contribution in [2.24, 2.45) is 5.92 Å². The van der Waals surface area contributed by atoms with Crippen molar-refractivity contribution in [3.63, 3.8) is 0 Å². The summed E-state index contributed by atoms with van der Waals surface area (Å²) in [5.74, 6) is -2.15. The second-order valence-corrected chi connectivity index (χ2v) is 4.99. The smallest absolute Gasteiger partial charge is 0.308 e. The van der Waals surface area contributed by atoms with E-state index in [9.17, 15) is 19.7 Å². The summed E-state index contributed by atoms with van der Waals surface area (Å²) >= 11 is 3.05. The summed E-state index contributed by atoms with van der Waals surface area (Å²) in [6.45, 7) is 0.0347. The lowest BCUT2D eigenvalue weighted by Crippen LogP contribution is -2.25. The molecule has 0 saturated carbocycles. The Morgan fingerprint density at radius 3 is 2.74 bits per heavy atom. The number of amides is 1. The van der Waals surface area contributed by atoms with E-state index in [4.69, 9.17) is 5.11 Å². The number of nitro groups is 1. The van der Waals surface area contributed by atoms with E-state index in [2.05, 4.69) is 15.9 Å². The van der Waals surface area contributed by atoms with Gasteiger partial charge in [0, 0.05) is 19.0 Å².